The second kappa shape index (κ2) is 6.11. The van der Waals surface area contributed by atoms with Crippen molar-refractivity contribution in [2.75, 3.05) is 19.1 Å². The molecule has 0 fully saturated rings. The highest BCUT2D eigenvalue weighted by atomic mass is 32.2. The number of nitrogens with zero attached hydrogens (tertiary/aromatic N) is 2. The Morgan fingerprint density at radius 2 is 1.80 bits per heavy atom. The zero-order valence-corrected chi connectivity index (χ0v) is 14.2. The zero-order chi connectivity index (χ0) is 18.2. The highest BCUT2D eigenvalue weighted by molar-refractivity contribution is 7.95. The molecule has 1 aliphatic rings. The SMILES string of the molecule is COc1ccc(N2C=C(C#N)S(=O)(=O)c3cc(F)ccc32)c(OC)c1. The van der Waals surface area contributed by atoms with Gasteiger partial charge in [-0.1, -0.05) is 0 Å². The van der Waals surface area contributed by atoms with Gasteiger partial charge in [-0.05, 0) is 30.3 Å². The summed E-state index contributed by atoms with van der Waals surface area (Å²) in [5.41, 5.74) is 0.711. The number of benzene rings is 2. The molecule has 0 saturated heterocycles. The minimum atomic E-state index is -4.08. The van der Waals surface area contributed by atoms with E-state index in [0.29, 0.717) is 17.2 Å². The van der Waals surface area contributed by atoms with Gasteiger partial charge in [0.15, 0.2) is 4.91 Å². The van der Waals surface area contributed by atoms with Crippen molar-refractivity contribution in [1.29, 1.82) is 5.26 Å². The van der Waals surface area contributed by atoms with E-state index >= 15 is 0 Å². The van der Waals surface area contributed by atoms with E-state index in [0.717, 1.165) is 12.1 Å². The molecule has 1 aliphatic heterocycles. The average molecular weight is 360 g/mol. The Balaban J connectivity index is 2.29. The molecule has 0 aromatic heterocycles. The number of ether oxygens (including phenoxy) is 2. The van der Waals surface area contributed by atoms with Crippen LogP contribution in [-0.4, -0.2) is 22.6 Å². The van der Waals surface area contributed by atoms with E-state index in [-0.39, 0.29) is 10.6 Å². The number of allylic oxidation sites excluding steroid dienone is 1. The third kappa shape index (κ3) is 2.68. The van der Waals surface area contributed by atoms with Crippen molar-refractivity contribution in [1.82, 2.24) is 0 Å². The number of rotatable bonds is 3. The molecule has 3 rings (SSSR count). The Morgan fingerprint density at radius 3 is 2.44 bits per heavy atom. The van der Waals surface area contributed by atoms with E-state index in [1.54, 1.807) is 24.3 Å². The summed E-state index contributed by atoms with van der Waals surface area (Å²) in [7, 11) is -1.11. The first kappa shape index (κ1) is 16.8. The molecular formula is C17H13FN2O4S. The van der Waals surface area contributed by atoms with Gasteiger partial charge in [0.2, 0.25) is 9.84 Å². The molecule has 1 heterocycles. The van der Waals surface area contributed by atoms with Gasteiger partial charge in [-0.2, -0.15) is 5.26 Å². The summed E-state index contributed by atoms with van der Waals surface area (Å²) in [6.07, 6.45) is 1.19. The van der Waals surface area contributed by atoms with Crippen LogP contribution in [0.25, 0.3) is 0 Å². The highest BCUT2D eigenvalue weighted by Crippen LogP contribution is 2.43. The van der Waals surface area contributed by atoms with Crippen LogP contribution in [0.15, 0.2) is 52.4 Å². The molecule has 0 atom stereocenters. The highest BCUT2D eigenvalue weighted by Gasteiger charge is 2.33. The van der Waals surface area contributed by atoms with Crippen LogP contribution >= 0.6 is 0 Å². The fourth-order valence-electron chi connectivity index (χ4n) is 2.55. The Hall–Kier alpha value is -3.05. The molecule has 0 aliphatic carbocycles. The standard InChI is InChI=1S/C17H13FN2O4S/c1-23-12-4-6-14(16(8-12)24-2)20-10-13(9-19)25(21,22)17-7-11(18)3-5-15(17)20/h3-8,10H,1-2H3. The number of anilines is 2. The topological polar surface area (TPSA) is 79.6 Å². The van der Waals surface area contributed by atoms with Gasteiger partial charge in [-0.25, -0.2) is 12.8 Å². The molecule has 0 radical (unpaired) electrons. The van der Waals surface area contributed by atoms with Gasteiger partial charge in [0.1, 0.15) is 23.4 Å². The Bertz CT molecular complexity index is 1030. The maximum Gasteiger partial charge on any atom is 0.220 e. The van der Waals surface area contributed by atoms with Gasteiger partial charge < -0.3 is 14.4 Å². The second-order valence-corrected chi connectivity index (χ2v) is 7.01. The van der Waals surface area contributed by atoms with Crippen LogP contribution in [0, 0.1) is 17.1 Å². The molecule has 6 nitrogen and oxygen atoms in total. The summed E-state index contributed by atoms with van der Waals surface area (Å²) in [4.78, 5) is 0.722. The molecule has 0 unspecified atom stereocenters. The van der Waals surface area contributed by atoms with Crippen LogP contribution in [0.1, 0.15) is 0 Å². The molecule has 0 bridgehead atoms. The van der Waals surface area contributed by atoms with Crippen molar-refractivity contribution in [3.8, 4) is 17.6 Å². The predicted octanol–water partition coefficient (Wildman–Crippen LogP) is 3.13. The van der Waals surface area contributed by atoms with Crippen molar-refractivity contribution in [2.45, 2.75) is 4.90 Å². The normalized spacial score (nSPS) is 15.0. The van der Waals surface area contributed by atoms with Crippen LogP contribution in [0.4, 0.5) is 15.8 Å². The first-order valence-corrected chi connectivity index (χ1v) is 8.58. The van der Waals surface area contributed by atoms with Crippen molar-refractivity contribution in [3.05, 3.63) is 53.3 Å². The monoisotopic (exact) mass is 360 g/mol. The molecule has 0 N–H and O–H groups in total. The molecule has 128 valence electrons. The van der Waals surface area contributed by atoms with E-state index in [1.807, 2.05) is 0 Å². The Morgan fingerprint density at radius 1 is 1.08 bits per heavy atom. The Kier molecular flexibility index (Phi) is 4.10. The van der Waals surface area contributed by atoms with Crippen molar-refractivity contribution >= 4 is 21.2 Å². The quantitative estimate of drug-likeness (QED) is 0.837. The number of nitriles is 1. The molecule has 0 amide bonds. The number of methoxy groups -OCH3 is 2. The van der Waals surface area contributed by atoms with E-state index in [2.05, 4.69) is 0 Å². The lowest BCUT2D eigenvalue weighted by molar-refractivity contribution is 0.395. The van der Waals surface area contributed by atoms with Gasteiger partial charge >= 0.3 is 0 Å². The number of hydrogen-bond donors (Lipinski definition) is 0. The summed E-state index contributed by atoms with van der Waals surface area (Å²) in [5, 5.41) is 9.23. The minimum Gasteiger partial charge on any atom is -0.497 e. The first-order valence-electron chi connectivity index (χ1n) is 7.10. The van der Waals surface area contributed by atoms with Crippen molar-refractivity contribution in [3.63, 3.8) is 0 Å². The fraction of sp³-hybridized carbons (Fsp3) is 0.118. The van der Waals surface area contributed by atoms with Crippen LogP contribution < -0.4 is 14.4 Å². The molecular weight excluding hydrogens is 347 g/mol. The molecule has 2 aromatic carbocycles. The van der Waals surface area contributed by atoms with Gasteiger partial charge in [0.05, 0.1) is 30.5 Å². The summed E-state index contributed by atoms with van der Waals surface area (Å²) < 4.78 is 49.1. The number of hydrogen-bond acceptors (Lipinski definition) is 6. The third-order valence-corrected chi connectivity index (χ3v) is 5.45. The maximum atomic E-state index is 13.6. The number of halogens is 1. The molecule has 2 aromatic rings. The second-order valence-electron chi connectivity index (χ2n) is 5.13. The first-order chi connectivity index (χ1) is 11.9. The summed E-state index contributed by atoms with van der Waals surface area (Å²) >= 11 is 0. The summed E-state index contributed by atoms with van der Waals surface area (Å²) in [6.45, 7) is 0. The van der Waals surface area contributed by atoms with E-state index in [1.165, 1.54) is 31.4 Å². The van der Waals surface area contributed by atoms with Crippen molar-refractivity contribution in [2.24, 2.45) is 0 Å². The minimum absolute atomic E-state index is 0.226. The van der Waals surface area contributed by atoms with Crippen LogP contribution in [0.2, 0.25) is 0 Å². The third-order valence-electron chi connectivity index (χ3n) is 3.76. The summed E-state index contributed by atoms with van der Waals surface area (Å²) in [5.74, 6) is 0.250. The van der Waals surface area contributed by atoms with Gasteiger partial charge in [0, 0.05) is 12.3 Å². The van der Waals surface area contributed by atoms with Gasteiger partial charge in [0.25, 0.3) is 0 Å². The van der Waals surface area contributed by atoms with Crippen LogP contribution in [0.5, 0.6) is 11.5 Å². The van der Waals surface area contributed by atoms with E-state index in [4.69, 9.17) is 9.47 Å². The van der Waals surface area contributed by atoms with Crippen LogP contribution in [0.3, 0.4) is 0 Å². The molecule has 8 heteroatoms. The van der Waals surface area contributed by atoms with Gasteiger partial charge in [-0.15, -0.1) is 0 Å². The smallest absolute Gasteiger partial charge is 0.220 e. The molecule has 25 heavy (non-hydrogen) atoms. The van der Waals surface area contributed by atoms with E-state index in [9.17, 15) is 18.1 Å². The maximum absolute atomic E-state index is 13.6. The lowest BCUT2D eigenvalue weighted by Crippen LogP contribution is -2.22. The van der Waals surface area contributed by atoms with Crippen molar-refractivity contribution < 1.29 is 22.3 Å². The number of sulfone groups is 1. The van der Waals surface area contributed by atoms with Gasteiger partial charge in [-0.3, -0.25) is 0 Å². The predicted molar refractivity (Wildman–Crippen MR) is 89.0 cm³/mol. The average Bonchev–Trinajstić information content (AvgIpc) is 2.62. The lowest BCUT2D eigenvalue weighted by atomic mass is 10.2. The molecule has 0 spiro atoms. The fourth-order valence-corrected chi connectivity index (χ4v) is 3.86. The molecule has 0 saturated carbocycles. The van der Waals surface area contributed by atoms with E-state index < -0.39 is 20.6 Å². The zero-order valence-electron chi connectivity index (χ0n) is 13.4. The Labute approximate surface area is 144 Å². The summed E-state index contributed by atoms with van der Waals surface area (Å²) in [6, 6.07) is 10.0. The largest absolute Gasteiger partial charge is 0.497 e. The number of fused-ring (bicyclic) bond motifs is 1. The van der Waals surface area contributed by atoms with Crippen LogP contribution in [-0.2, 0) is 9.84 Å². The lowest BCUT2D eigenvalue weighted by Gasteiger charge is -2.28.